The summed E-state index contributed by atoms with van der Waals surface area (Å²) in [5.41, 5.74) is 0.433. The SMILES string of the molecule is CC(C)CCn1c(C(=O)NC2CCCCC2)cc2ccccc2c1=O. The number of carbonyl (C=O) groups excluding carboxylic acids is 1. The zero-order valence-corrected chi connectivity index (χ0v) is 15.3. The van der Waals surface area contributed by atoms with E-state index in [1.807, 2.05) is 30.3 Å². The third-order valence-electron chi connectivity index (χ3n) is 5.12. The Morgan fingerprint density at radius 2 is 1.92 bits per heavy atom. The molecule has 0 bridgehead atoms. The van der Waals surface area contributed by atoms with Crippen LogP contribution in [-0.2, 0) is 6.54 Å². The summed E-state index contributed by atoms with van der Waals surface area (Å²) >= 11 is 0. The lowest BCUT2D eigenvalue weighted by atomic mass is 9.95. The molecular formula is C21H28N2O2. The van der Waals surface area contributed by atoms with Gasteiger partial charge in [0, 0.05) is 18.0 Å². The average molecular weight is 340 g/mol. The molecular weight excluding hydrogens is 312 g/mol. The Labute approximate surface area is 149 Å². The molecule has 0 aliphatic heterocycles. The van der Waals surface area contributed by atoms with E-state index in [-0.39, 0.29) is 17.5 Å². The molecule has 2 aromatic rings. The summed E-state index contributed by atoms with van der Waals surface area (Å²) < 4.78 is 1.67. The average Bonchev–Trinajstić information content (AvgIpc) is 2.61. The van der Waals surface area contributed by atoms with Gasteiger partial charge in [-0.05, 0) is 42.7 Å². The fourth-order valence-corrected chi connectivity index (χ4v) is 3.60. The lowest BCUT2D eigenvalue weighted by Crippen LogP contribution is -2.39. The lowest BCUT2D eigenvalue weighted by molar-refractivity contribution is 0.0916. The van der Waals surface area contributed by atoms with Crippen LogP contribution in [0.25, 0.3) is 10.8 Å². The quantitative estimate of drug-likeness (QED) is 0.890. The van der Waals surface area contributed by atoms with Gasteiger partial charge in [0.05, 0.1) is 0 Å². The van der Waals surface area contributed by atoms with E-state index in [9.17, 15) is 9.59 Å². The first-order chi connectivity index (χ1) is 12.1. The van der Waals surface area contributed by atoms with Gasteiger partial charge in [0.2, 0.25) is 0 Å². The number of nitrogens with zero attached hydrogens (tertiary/aromatic N) is 1. The second-order valence-electron chi connectivity index (χ2n) is 7.56. The number of fused-ring (bicyclic) bond motifs is 1. The van der Waals surface area contributed by atoms with Gasteiger partial charge in [-0.3, -0.25) is 9.59 Å². The molecule has 1 aromatic heterocycles. The summed E-state index contributed by atoms with van der Waals surface area (Å²) in [5.74, 6) is 0.367. The van der Waals surface area contributed by atoms with Crippen LogP contribution < -0.4 is 10.9 Å². The van der Waals surface area contributed by atoms with Crippen LogP contribution >= 0.6 is 0 Å². The molecule has 1 fully saturated rings. The molecule has 134 valence electrons. The highest BCUT2D eigenvalue weighted by atomic mass is 16.2. The number of nitrogens with one attached hydrogen (secondary N) is 1. The minimum Gasteiger partial charge on any atom is -0.348 e. The molecule has 4 nitrogen and oxygen atoms in total. The number of hydrogen-bond donors (Lipinski definition) is 1. The van der Waals surface area contributed by atoms with Crippen molar-refractivity contribution in [1.29, 1.82) is 0 Å². The molecule has 0 atom stereocenters. The summed E-state index contributed by atoms with van der Waals surface area (Å²) in [7, 11) is 0. The summed E-state index contributed by atoms with van der Waals surface area (Å²) in [4.78, 5) is 25.8. The summed E-state index contributed by atoms with van der Waals surface area (Å²) in [6.45, 7) is 4.84. The van der Waals surface area contributed by atoms with Crippen molar-refractivity contribution >= 4 is 16.7 Å². The number of hydrogen-bond acceptors (Lipinski definition) is 2. The van der Waals surface area contributed by atoms with Crippen molar-refractivity contribution in [1.82, 2.24) is 9.88 Å². The molecule has 1 heterocycles. The van der Waals surface area contributed by atoms with E-state index >= 15 is 0 Å². The van der Waals surface area contributed by atoms with Crippen molar-refractivity contribution < 1.29 is 4.79 Å². The van der Waals surface area contributed by atoms with Crippen LogP contribution in [-0.4, -0.2) is 16.5 Å². The van der Waals surface area contributed by atoms with Gasteiger partial charge in [0.15, 0.2) is 0 Å². The summed E-state index contributed by atoms with van der Waals surface area (Å²) in [5, 5.41) is 4.67. The number of benzene rings is 1. The second kappa shape index (κ2) is 7.85. The van der Waals surface area contributed by atoms with E-state index in [4.69, 9.17) is 0 Å². The van der Waals surface area contributed by atoms with Crippen LogP contribution in [0.3, 0.4) is 0 Å². The predicted octanol–water partition coefficient (Wildman–Crippen LogP) is 4.11. The smallest absolute Gasteiger partial charge is 0.268 e. The van der Waals surface area contributed by atoms with E-state index in [1.54, 1.807) is 4.57 Å². The fraction of sp³-hybridized carbons (Fsp3) is 0.524. The fourth-order valence-electron chi connectivity index (χ4n) is 3.60. The maximum absolute atomic E-state index is 12.9. The molecule has 1 N–H and O–H groups in total. The standard InChI is InChI=1S/C21H28N2O2/c1-15(2)12-13-23-19(20(24)22-17-9-4-3-5-10-17)14-16-8-6-7-11-18(16)21(23)25/h6-8,11,14-15,17H,3-5,9-10,12-13H2,1-2H3,(H,22,24). The Bertz CT molecular complexity index is 801. The van der Waals surface area contributed by atoms with Gasteiger partial charge in [-0.2, -0.15) is 0 Å². The molecule has 3 rings (SSSR count). The maximum Gasteiger partial charge on any atom is 0.268 e. The van der Waals surface area contributed by atoms with Gasteiger partial charge >= 0.3 is 0 Å². The van der Waals surface area contributed by atoms with Gasteiger partial charge in [-0.15, -0.1) is 0 Å². The number of aromatic nitrogens is 1. The van der Waals surface area contributed by atoms with E-state index in [1.165, 1.54) is 19.3 Å². The summed E-state index contributed by atoms with van der Waals surface area (Å²) in [6.07, 6.45) is 6.54. The highest BCUT2D eigenvalue weighted by Crippen LogP contribution is 2.19. The number of amides is 1. The molecule has 0 radical (unpaired) electrons. The predicted molar refractivity (Wildman–Crippen MR) is 102 cm³/mol. The van der Waals surface area contributed by atoms with Crippen molar-refractivity contribution in [3.05, 3.63) is 46.4 Å². The maximum atomic E-state index is 12.9. The highest BCUT2D eigenvalue weighted by molar-refractivity contribution is 5.96. The Morgan fingerprint density at radius 3 is 2.64 bits per heavy atom. The normalized spacial score (nSPS) is 15.6. The van der Waals surface area contributed by atoms with Gasteiger partial charge in [0.25, 0.3) is 11.5 Å². The molecule has 0 unspecified atom stereocenters. The van der Waals surface area contributed by atoms with E-state index in [0.717, 1.165) is 24.6 Å². The van der Waals surface area contributed by atoms with Crippen molar-refractivity contribution in [2.24, 2.45) is 5.92 Å². The molecule has 4 heteroatoms. The Morgan fingerprint density at radius 1 is 1.20 bits per heavy atom. The molecule has 1 amide bonds. The first-order valence-corrected chi connectivity index (χ1v) is 9.49. The number of rotatable bonds is 5. The molecule has 1 saturated carbocycles. The zero-order chi connectivity index (χ0) is 17.8. The first-order valence-electron chi connectivity index (χ1n) is 9.49. The molecule has 1 aliphatic rings. The van der Waals surface area contributed by atoms with Crippen LogP contribution in [0.2, 0.25) is 0 Å². The monoisotopic (exact) mass is 340 g/mol. The second-order valence-corrected chi connectivity index (χ2v) is 7.56. The van der Waals surface area contributed by atoms with Crippen molar-refractivity contribution in [3.8, 4) is 0 Å². The largest absolute Gasteiger partial charge is 0.348 e. The lowest BCUT2D eigenvalue weighted by Gasteiger charge is -2.24. The zero-order valence-electron chi connectivity index (χ0n) is 15.3. The van der Waals surface area contributed by atoms with Crippen LogP contribution in [0.4, 0.5) is 0 Å². The van der Waals surface area contributed by atoms with Crippen molar-refractivity contribution in [2.75, 3.05) is 0 Å². The third-order valence-corrected chi connectivity index (χ3v) is 5.12. The first kappa shape index (κ1) is 17.7. The van der Waals surface area contributed by atoms with Gasteiger partial charge in [-0.1, -0.05) is 51.3 Å². The molecule has 1 aliphatic carbocycles. The van der Waals surface area contributed by atoms with Crippen molar-refractivity contribution in [3.63, 3.8) is 0 Å². The van der Waals surface area contributed by atoms with Crippen LogP contribution in [0.1, 0.15) is 62.9 Å². The highest BCUT2D eigenvalue weighted by Gasteiger charge is 2.20. The van der Waals surface area contributed by atoms with E-state index in [2.05, 4.69) is 19.2 Å². The van der Waals surface area contributed by atoms with Gasteiger partial charge in [0.1, 0.15) is 5.69 Å². The van der Waals surface area contributed by atoms with Crippen molar-refractivity contribution in [2.45, 2.75) is 65.0 Å². The van der Waals surface area contributed by atoms with E-state index in [0.29, 0.717) is 23.5 Å². The van der Waals surface area contributed by atoms with Crippen LogP contribution in [0, 0.1) is 5.92 Å². The Hall–Kier alpha value is -2.10. The van der Waals surface area contributed by atoms with Crippen LogP contribution in [0.5, 0.6) is 0 Å². The van der Waals surface area contributed by atoms with Crippen LogP contribution in [0.15, 0.2) is 35.1 Å². The number of carbonyl (C=O) groups is 1. The van der Waals surface area contributed by atoms with Gasteiger partial charge in [-0.25, -0.2) is 0 Å². The third kappa shape index (κ3) is 4.12. The minimum atomic E-state index is -0.112. The Balaban J connectivity index is 1.97. The molecule has 25 heavy (non-hydrogen) atoms. The molecule has 0 saturated heterocycles. The minimum absolute atomic E-state index is 0.0625. The number of pyridine rings is 1. The molecule has 1 aromatic carbocycles. The van der Waals surface area contributed by atoms with Gasteiger partial charge < -0.3 is 9.88 Å². The summed E-state index contributed by atoms with van der Waals surface area (Å²) in [6, 6.07) is 9.63. The Kier molecular flexibility index (Phi) is 5.57. The molecule has 0 spiro atoms. The topological polar surface area (TPSA) is 51.1 Å². The van der Waals surface area contributed by atoms with E-state index < -0.39 is 0 Å².